The van der Waals surface area contributed by atoms with E-state index in [9.17, 15) is 9.59 Å². The van der Waals surface area contributed by atoms with Gasteiger partial charge in [-0.05, 0) is 44.4 Å². The van der Waals surface area contributed by atoms with E-state index in [1.165, 1.54) is 12.8 Å². The van der Waals surface area contributed by atoms with Crippen LogP contribution in [0.2, 0.25) is 0 Å². The molecule has 0 aromatic carbocycles. The first-order valence-electron chi connectivity index (χ1n) is 7.31. The van der Waals surface area contributed by atoms with Crippen molar-refractivity contribution in [1.82, 2.24) is 0 Å². The van der Waals surface area contributed by atoms with Crippen molar-refractivity contribution in [2.75, 3.05) is 0 Å². The van der Waals surface area contributed by atoms with Gasteiger partial charge in [-0.2, -0.15) is 0 Å². The average molecular weight is 268 g/mol. The van der Waals surface area contributed by atoms with Crippen LogP contribution in [0.4, 0.5) is 0 Å². The second-order valence-electron chi connectivity index (χ2n) is 6.57. The summed E-state index contributed by atoms with van der Waals surface area (Å²) in [6.45, 7) is 4.44. The summed E-state index contributed by atoms with van der Waals surface area (Å²) in [7, 11) is 0. The minimum absolute atomic E-state index is 0.101. The summed E-state index contributed by atoms with van der Waals surface area (Å²) in [6.07, 6.45) is 6.10. The van der Waals surface area contributed by atoms with Gasteiger partial charge in [0.05, 0.1) is 0 Å². The molecule has 2 aliphatic rings. The molecule has 2 fully saturated rings. The Kier molecular flexibility index (Phi) is 3.88. The maximum Gasteiger partial charge on any atom is 0.306 e. The molecule has 0 saturated heterocycles. The molecular weight excluding hydrogens is 244 g/mol. The highest BCUT2D eigenvalue weighted by Gasteiger charge is 2.62. The summed E-state index contributed by atoms with van der Waals surface area (Å²) in [5, 5.41) is 8.53. The molecule has 0 aromatic rings. The molecule has 0 spiro atoms. The molecule has 0 radical (unpaired) electrons. The molecule has 0 amide bonds. The highest BCUT2D eigenvalue weighted by molar-refractivity contribution is 5.70. The van der Waals surface area contributed by atoms with Gasteiger partial charge in [0.1, 0.15) is 5.60 Å². The summed E-state index contributed by atoms with van der Waals surface area (Å²) < 4.78 is 5.74. The summed E-state index contributed by atoms with van der Waals surface area (Å²) >= 11 is 0. The zero-order valence-electron chi connectivity index (χ0n) is 11.9. The fourth-order valence-corrected chi connectivity index (χ4v) is 2.98. The van der Waals surface area contributed by atoms with E-state index in [2.05, 4.69) is 13.8 Å². The van der Waals surface area contributed by atoms with Gasteiger partial charge in [-0.1, -0.05) is 13.8 Å². The Balaban J connectivity index is 1.74. The monoisotopic (exact) mass is 268 g/mol. The van der Waals surface area contributed by atoms with Crippen molar-refractivity contribution >= 4 is 11.9 Å². The number of carboxylic acids is 1. The first-order valence-corrected chi connectivity index (χ1v) is 7.31. The van der Waals surface area contributed by atoms with Gasteiger partial charge in [-0.25, -0.2) is 0 Å². The molecule has 0 unspecified atom stereocenters. The molecule has 0 atom stereocenters. The van der Waals surface area contributed by atoms with Crippen molar-refractivity contribution in [1.29, 1.82) is 0 Å². The Bertz CT molecular complexity index is 364. The number of aliphatic carboxylic acids is 1. The molecule has 2 rings (SSSR count). The van der Waals surface area contributed by atoms with E-state index in [1.54, 1.807) is 0 Å². The second-order valence-corrected chi connectivity index (χ2v) is 6.57. The van der Waals surface area contributed by atoms with E-state index in [1.807, 2.05) is 0 Å². The summed E-state index contributed by atoms with van der Waals surface area (Å²) in [4.78, 5) is 22.2. The summed E-state index contributed by atoms with van der Waals surface area (Å²) in [5.41, 5.74) is -0.123. The van der Waals surface area contributed by atoms with Crippen molar-refractivity contribution in [3.05, 3.63) is 0 Å². The molecule has 0 bridgehead atoms. The lowest BCUT2D eigenvalue weighted by Crippen LogP contribution is -2.37. The van der Waals surface area contributed by atoms with Crippen LogP contribution in [0.5, 0.6) is 0 Å². The number of carbonyl (C=O) groups is 2. The van der Waals surface area contributed by atoms with Crippen molar-refractivity contribution in [3.8, 4) is 0 Å². The molecule has 0 aliphatic heterocycles. The highest BCUT2D eigenvalue weighted by Crippen LogP contribution is 2.62. The Morgan fingerprint density at radius 2 is 1.79 bits per heavy atom. The number of hydrogen-bond acceptors (Lipinski definition) is 3. The van der Waals surface area contributed by atoms with Crippen LogP contribution in [0.25, 0.3) is 0 Å². The SMILES string of the molecule is CC(C)(C1CC1)C1(OC(=O)CCCCC(=O)O)CC1. The van der Waals surface area contributed by atoms with Crippen molar-refractivity contribution in [2.24, 2.45) is 11.3 Å². The zero-order chi connectivity index (χ0) is 14.1. The van der Waals surface area contributed by atoms with E-state index in [0.717, 1.165) is 12.8 Å². The van der Waals surface area contributed by atoms with Crippen LogP contribution >= 0.6 is 0 Å². The lowest BCUT2D eigenvalue weighted by molar-refractivity contribution is -0.160. The van der Waals surface area contributed by atoms with Gasteiger partial charge in [0, 0.05) is 18.3 Å². The van der Waals surface area contributed by atoms with Crippen LogP contribution in [0, 0.1) is 11.3 Å². The van der Waals surface area contributed by atoms with Crippen LogP contribution in [-0.4, -0.2) is 22.6 Å². The maximum atomic E-state index is 11.9. The predicted octanol–water partition coefficient (Wildman–Crippen LogP) is 3.14. The maximum absolute atomic E-state index is 11.9. The third kappa shape index (κ3) is 3.28. The Hall–Kier alpha value is -1.06. The van der Waals surface area contributed by atoms with Gasteiger partial charge in [0.2, 0.25) is 0 Å². The van der Waals surface area contributed by atoms with E-state index in [4.69, 9.17) is 9.84 Å². The quantitative estimate of drug-likeness (QED) is 0.542. The van der Waals surface area contributed by atoms with Crippen LogP contribution in [0.15, 0.2) is 0 Å². The first kappa shape index (κ1) is 14.4. The third-order valence-corrected chi connectivity index (χ3v) is 4.81. The largest absolute Gasteiger partial charge is 0.481 e. The van der Waals surface area contributed by atoms with Gasteiger partial charge >= 0.3 is 11.9 Å². The van der Waals surface area contributed by atoms with Gasteiger partial charge in [-0.3, -0.25) is 9.59 Å². The number of unbranched alkanes of at least 4 members (excludes halogenated alkanes) is 1. The van der Waals surface area contributed by atoms with Crippen LogP contribution in [-0.2, 0) is 14.3 Å². The molecule has 4 nitrogen and oxygen atoms in total. The minimum atomic E-state index is -0.804. The average Bonchev–Trinajstić information content (AvgIpc) is 3.14. The fraction of sp³-hybridized carbons (Fsp3) is 0.867. The third-order valence-electron chi connectivity index (χ3n) is 4.81. The Morgan fingerprint density at radius 3 is 2.26 bits per heavy atom. The normalized spacial score (nSPS) is 20.9. The van der Waals surface area contributed by atoms with Crippen LogP contribution in [0.1, 0.15) is 65.2 Å². The van der Waals surface area contributed by atoms with Crippen LogP contribution < -0.4 is 0 Å². The number of hydrogen-bond donors (Lipinski definition) is 1. The molecule has 4 heteroatoms. The van der Waals surface area contributed by atoms with Crippen molar-refractivity contribution < 1.29 is 19.4 Å². The first-order chi connectivity index (χ1) is 8.87. The Morgan fingerprint density at radius 1 is 1.21 bits per heavy atom. The topological polar surface area (TPSA) is 63.6 Å². The van der Waals surface area contributed by atoms with E-state index in [-0.39, 0.29) is 23.4 Å². The number of carbonyl (C=O) groups excluding carboxylic acids is 1. The van der Waals surface area contributed by atoms with Crippen molar-refractivity contribution in [3.63, 3.8) is 0 Å². The van der Waals surface area contributed by atoms with Gasteiger partial charge in [0.25, 0.3) is 0 Å². The summed E-state index contributed by atoms with van der Waals surface area (Å²) in [5.74, 6) is -0.256. The van der Waals surface area contributed by atoms with E-state index >= 15 is 0 Å². The Labute approximate surface area is 114 Å². The standard InChI is InChI=1S/C15H24O4/c1-14(2,11-7-8-11)15(9-10-15)19-13(18)6-4-3-5-12(16)17/h11H,3-10H2,1-2H3,(H,16,17). The zero-order valence-corrected chi connectivity index (χ0v) is 11.9. The van der Waals surface area contributed by atoms with Gasteiger partial charge in [0.15, 0.2) is 0 Å². The van der Waals surface area contributed by atoms with Crippen molar-refractivity contribution in [2.45, 2.75) is 70.8 Å². The molecule has 19 heavy (non-hydrogen) atoms. The van der Waals surface area contributed by atoms with E-state index < -0.39 is 5.97 Å². The predicted molar refractivity (Wildman–Crippen MR) is 70.7 cm³/mol. The lowest BCUT2D eigenvalue weighted by Gasteiger charge is -2.34. The van der Waals surface area contributed by atoms with Crippen LogP contribution in [0.3, 0.4) is 0 Å². The molecular formula is C15H24O4. The highest BCUT2D eigenvalue weighted by atomic mass is 16.6. The number of ether oxygens (including phenoxy) is 1. The fourth-order valence-electron chi connectivity index (χ4n) is 2.98. The molecule has 0 heterocycles. The lowest BCUT2D eigenvalue weighted by atomic mass is 9.79. The second kappa shape index (κ2) is 5.14. The molecule has 2 saturated carbocycles. The molecule has 1 N–H and O–H groups in total. The molecule has 108 valence electrons. The molecule has 2 aliphatic carbocycles. The number of carboxylic acid groups (broad SMARTS) is 1. The number of esters is 1. The summed E-state index contributed by atoms with van der Waals surface area (Å²) in [6, 6.07) is 0. The minimum Gasteiger partial charge on any atom is -0.481 e. The van der Waals surface area contributed by atoms with Gasteiger partial charge < -0.3 is 9.84 Å². The molecule has 0 aromatic heterocycles. The van der Waals surface area contributed by atoms with Gasteiger partial charge in [-0.15, -0.1) is 0 Å². The number of rotatable bonds is 8. The van der Waals surface area contributed by atoms with E-state index in [0.29, 0.717) is 25.2 Å². The smallest absolute Gasteiger partial charge is 0.306 e.